The summed E-state index contributed by atoms with van der Waals surface area (Å²) in [5.74, 6) is -0.0676. The minimum absolute atomic E-state index is 0.0747. The molecule has 3 aromatic rings. The number of hydrogen-bond donors (Lipinski definition) is 2. The van der Waals surface area contributed by atoms with Gasteiger partial charge in [0.1, 0.15) is 16.8 Å². The number of benzene rings is 1. The first kappa shape index (κ1) is 21.4. The van der Waals surface area contributed by atoms with E-state index >= 15 is 0 Å². The first-order valence-corrected chi connectivity index (χ1v) is 10.5. The standard InChI is InChI=1S/C22H24N4O3S/c1-15(2)21(26-19(27)13-29-17-6-4-3-5-7-17)22(28)24-12-20-25-18(14-30-20)16-8-10-23-11-9-16/h3-11,14-15,21H,12-13H2,1-2H3,(H,24,28)(H,26,27). The molecule has 2 aromatic heterocycles. The maximum atomic E-state index is 12.6. The molecule has 1 atom stereocenters. The zero-order chi connectivity index (χ0) is 21.3. The van der Waals surface area contributed by atoms with Crippen LogP contribution in [-0.4, -0.2) is 34.4 Å². The lowest BCUT2D eigenvalue weighted by Crippen LogP contribution is -2.50. The van der Waals surface area contributed by atoms with Gasteiger partial charge in [-0.1, -0.05) is 32.0 Å². The quantitative estimate of drug-likeness (QED) is 0.551. The van der Waals surface area contributed by atoms with Crippen molar-refractivity contribution < 1.29 is 14.3 Å². The molecule has 8 heteroatoms. The number of hydrogen-bond acceptors (Lipinski definition) is 6. The van der Waals surface area contributed by atoms with E-state index in [9.17, 15) is 9.59 Å². The van der Waals surface area contributed by atoms with Crippen LogP contribution >= 0.6 is 11.3 Å². The third kappa shape index (κ3) is 6.12. The number of rotatable bonds is 9. The van der Waals surface area contributed by atoms with E-state index in [0.717, 1.165) is 16.3 Å². The van der Waals surface area contributed by atoms with Crippen molar-refractivity contribution in [1.82, 2.24) is 20.6 Å². The Morgan fingerprint density at radius 1 is 1.10 bits per heavy atom. The number of aromatic nitrogens is 2. The molecule has 0 bridgehead atoms. The Kier molecular flexibility index (Phi) is 7.51. The highest BCUT2D eigenvalue weighted by molar-refractivity contribution is 7.09. The molecule has 2 N–H and O–H groups in total. The fraction of sp³-hybridized carbons (Fsp3) is 0.273. The number of ether oxygens (including phenoxy) is 1. The number of para-hydroxylation sites is 1. The molecule has 0 aliphatic rings. The SMILES string of the molecule is CC(C)C(NC(=O)COc1ccccc1)C(=O)NCc1nc(-c2ccncc2)cs1. The molecule has 30 heavy (non-hydrogen) atoms. The van der Waals surface area contributed by atoms with Crippen molar-refractivity contribution in [3.05, 3.63) is 65.2 Å². The van der Waals surface area contributed by atoms with E-state index in [1.54, 1.807) is 24.5 Å². The van der Waals surface area contributed by atoms with Crippen LogP contribution < -0.4 is 15.4 Å². The smallest absolute Gasteiger partial charge is 0.258 e. The molecular formula is C22H24N4O3S. The van der Waals surface area contributed by atoms with Gasteiger partial charge in [-0.15, -0.1) is 11.3 Å². The lowest BCUT2D eigenvalue weighted by Gasteiger charge is -2.21. The third-order valence-electron chi connectivity index (χ3n) is 4.32. The van der Waals surface area contributed by atoms with Crippen LogP contribution in [0.4, 0.5) is 0 Å². The number of carbonyl (C=O) groups is 2. The van der Waals surface area contributed by atoms with Gasteiger partial charge in [0.15, 0.2) is 6.61 Å². The molecule has 2 heterocycles. The second-order valence-electron chi connectivity index (χ2n) is 6.97. The Labute approximate surface area is 179 Å². The lowest BCUT2D eigenvalue weighted by molar-refractivity contribution is -0.131. The normalized spacial score (nSPS) is 11.7. The van der Waals surface area contributed by atoms with Crippen molar-refractivity contribution in [3.63, 3.8) is 0 Å². The average Bonchev–Trinajstić information content (AvgIpc) is 3.24. The third-order valence-corrected chi connectivity index (χ3v) is 5.17. The zero-order valence-corrected chi connectivity index (χ0v) is 17.7. The summed E-state index contributed by atoms with van der Waals surface area (Å²) >= 11 is 1.47. The van der Waals surface area contributed by atoms with E-state index in [2.05, 4.69) is 20.6 Å². The summed E-state index contributed by atoms with van der Waals surface area (Å²) in [6.45, 7) is 3.91. The Morgan fingerprint density at radius 2 is 1.83 bits per heavy atom. The summed E-state index contributed by atoms with van der Waals surface area (Å²) in [6.07, 6.45) is 3.43. The second kappa shape index (κ2) is 10.5. The number of pyridine rings is 1. The minimum atomic E-state index is -0.656. The number of nitrogens with zero attached hydrogens (tertiary/aromatic N) is 2. The van der Waals surface area contributed by atoms with Crippen molar-refractivity contribution in [2.24, 2.45) is 5.92 Å². The Balaban J connectivity index is 1.51. The Morgan fingerprint density at radius 3 is 2.53 bits per heavy atom. The van der Waals surface area contributed by atoms with Gasteiger partial charge in [0.25, 0.3) is 5.91 Å². The monoisotopic (exact) mass is 424 g/mol. The fourth-order valence-electron chi connectivity index (χ4n) is 2.74. The van der Waals surface area contributed by atoms with Gasteiger partial charge in [0.05, 0.1) is 12.2 Å². The van der Waals surface area contributed by atoms with Gasteiger partial charge in [-0.3, -0.25) is 14.6 Å². The summed E-state index contributed by atoms with van der Waals surface area (Å²) in [4.78, 5) is 33.4. The average molecular weight is 425 g/mol. The van der Waals surface area contributed by atoms with E-state index < -0.39 is 6.04 Å². The molecule has 3 rings (SSSR count). The van der Waals surface area contributed by atoms with Crippen LogP contribution in [0, 0.1) is 5.92 Å². The minimum Gasteiger partial charge on any atom is -0.484 e. The van der Waals surface area contributed by atoms with Crippen molar-refractivity contribution in [2.75, 3.05) is 6.61 Å². The van der Waals surface area contributed by atoms with E-state index in [1.165, 1.54) is 11.3 Å². The van der Waals surface area contributed by atoms with Gasteiger partial charge in [0, 0.05) is 23.3 Å². The number of thiazole rings is 1. The molecular weight excluding hydrogens is 400 g/mol. The largest absolute Gasteiger partial charge is 0.484 e. The van der Waals surface area contributed by atoms with Crippen LogP contribution in [0.3, 0.4) is 0 Å². The first-order chi connectivity index (χ1) is 14.5. The molecule has 0 aliphatic carbocycles. The highest BCUT2D eigenvalue weighted by atomic mass is 32.1. The van der Waals surface area contributed by atoms with Crippen LogP contribution in [0.1, 0.15) is 18.9 Å². The Bertz CT molecular complexity index is 961. The molecule has 1 aromatic carbocycles. The second-order valence-corrected chi connectivity index (χ2v) is 7.91. The topological polar surface area (TPSA) is 93.2 Å². The predicted octanol–water partition coefficient (Wildman–Crippen LogP) is 3.04. The zero-order valence-electron chi connectivity index (χ0n) is 16.9. The van der Waals surface area contributed by atoms with Crippen LogP contribution in [0.2, 0.25) is 0 Å². The van der Waals surface area contributed by atoms with Crippen molar-refractivity contribution in [3.8, 4) is 17.0 Å². The van der Waals surface area contributed by atoms with E-state index in [0.29, 0.717) is 12.3 Å². The molecule has 7 nitrogen and oxygen atoms in total. The summed E-state index contributed by atoms with van der Waals surface area (Å²) < 4.78 is 5.45. The van der Waals surface area contributed by atoms with Crippen LogP contribution in [0.5, 0.6) is 5.75 Å². The highest BCUT2D eigenvalue weighted by Crippen LogP contribution is 2.21. The van der Waals surface area contributed by atoms with Gasteiger partial charge >= 0.3 is 0 Å². The molecule has 0 fully saturated rings. The summed E-state index contributed by atoms with van der Waals surface area (Å²) in [5.41, 5.74) is 1.82. The molecule has 1 unspecified atom stereocenters. The summed E-state index contributed by atoms with van der Waals surface area (Å²) in [5, 5.41) is 8.35. The van der Waals surface area contributed by atoms with Crippen LogP contribution in [-0.2, 0) is 16.1 Å². The van der Waals surface area contributed by atoms with Gasteiger partial charge in [-0.05, 0) is 30.2 Å². The predicted molar refractivity (Wildman–Crippen MR) is 116 cm³/mol. The van der Waals surface area contributed by atoms with Crippen molar-refractivity contribution in [2.45, 2.75) is 26.4 Å². The molecule has 0 saturated carbocycles. The molecule has 156 valence electrons. The van der Waals surface area contributed by atoms with Gasteiger partial charge in [-0.2, -0.15) is 0 Å². The molecule has 0 radical (unpaired) electrons. The van der Waals surface area contributed by atoms with Crippen molar-refractivity contribution >= 4 is 23.2 Å². The Hall–Kier alpha value is -3.26. The molecule has 0 aliphatic heterocycles. The molecule has 0 spiro atoms. The number of carbonyl (C=O) groups excluding carboxylic acids is 2. The summed E-state index contributed by atoms with van der Waals surface area (Å²) in [7, 11) is 0. The number of amides is 2. The fourth-order valence-corrected chi connectivity index (χ4v) is 3.48. The van der Waals surface area contributed by atoms with E-state index in [4.69, 9.17) is 4.74 Å². The van der Waals surface area contributed by atoms with Gasteiger partial charge in [-0.25, -0.2) is 4.98 Å². The maximum absolute atomic E-state index is 12.6. The lowest BCUT2D eigenvalue weighted by atomic mass is 10.0. The number of nitrogens with one attached hydrogen (secondary N) is 2. The van der Waals surface area contributed by atoms with Crippen LogP contribution in [0.15, 0.2) is 60.2 Å². The van der Waals surface area contributed by atoms with Gasteiger partial charge in [0.2, 0.25) is 5.91 Å². The van der Waals surface area contributed by atoms with Gasteiger partial charge < -0.3 is 15.4 Å². The van der Waals surface area contributed by atoms with E-state index in [1.807, 2.05) is 49.6 Å². The maximum Gasteiger partial charge on any atom is 0.258 e. The van der Waals surface area contributed by atoms with E-state index in [-0.39, 0.29) is 24.3 Å². The van der Waals surface area contributed by atoms with Crippen molar-refractivity contribution in [1.29, 1.82) is 0 Å². The first-order valence-electron chi connectivity index (χ1n) is 9.62. The van der Waals surface area contributed by atoms with Crippen LogP contribution in [0.25, 0.3) is 11.3 Å². The highest BCUT2D eigenvalue weighted by Gasteiger charge is 2.24. The molecule has 0 saturated heterocycles. The summed E-state index contributed by atoms with van der Waals surface area (Å²) in [6, 6.07) is 12.2. The molecule has 2 amide bonds.